The molecule has 2 aromatic carbocycles. The highest BCUT2D eigenvalue weighted by Gasteiger charge is 2.29. The minimum atomic E-state index is -0.727. The first-order valence-corrected chi connectivity index (χ1v) is 10.9. The monoisotopic (exact) mass is 497 g/mol. The van der Waals surface area contributed by atoms with Crippen molar-refractivity contribution in [3.05, 3.63) is 74.6 Å². The highest BCUT2D eigenvalue weighted by Crippen LogP contribution is 2.30. The molecule has 0 unspecified atom stereocenters. The molecule has 1 aromatic heterocycles. The van der Waals surface area contributed by atoms with Gasteiger partial charge < -0.3 is 20.4 Å². The van der Waals surface area contributed by atoms with Crippen molar-refractivity contribution in [1.29, 1.82) is 0 Å². The number of hydrogen-bond donors (Lipinski definition) is 3. The van der Waals surface area contributed by atoms with E-state index in [4.69, 9.17) is 4.42 Å². The van der Waals surface area contributed by atoms with Gasteiger partial charge in [-0.25, -0.2) is 4.79 Å². The summed E-state index contributed by atoms with van der Waals surface area (Å²) in [6.07, 6.45) is 1.85. The van der Waals surface area contributed by atoms with Crippen LogP contribution < -0.4 is 21.6 Å². The molecule has 0 radical (unpaired) electrons. The number of benzene rings is 2. The first-order chi connectivity index (χ1) is 15.4. The van der Waals surface area contributed by atoms with Crippen molar-refractivity contribution in [3.63, 3.8) is 0 Å². The molecule has 1 heterocycles. The van der Waals surface area contributed by atoms with Gasteiger partial charge in [-0.3, -0.25) is 14.4 Å². The zero-order chi connectivity index (χ0) is 22.7. The topological polar surface area (TPSA) is 118 Å². The maximum atomic E-state index is 12.4. The normalized spacial score (nSPS) is 12.9. The van der Waals surface area contributed by atoms with E-state index in [2.05, 4.69) is 31.9 Å². The number of hydrogen-bond acceptors (Lipinski definition) is 5. The van der Waals surface area contributed by atoms with Gasteiger partial charge in [-0.15, -0.1) is 0 Å². The lowest BCUT2D eigenvalue weighted by atomic mass is 10.2. The number of fused-ring (bicyclic) bond motifs is 1. The van der Waals surface area contributed by atoms with Gasteiger partial charge in [0.05, 0.1) is 0 Å². The summed E-state index contributed by atoms with van der Waals surface area (Å²) in [6, 6.07) is 13.2. The van der Waals surface area contributed by atoms with E-state index in [-0.39, 0.29) is 36.4 Å². The third-order valence-electron chi connectivity index (χ3n) is 5.00. The molecule has 1 fully saturated rings. The van der Waals surface area contributed by atoms with E-state index in [1.807, 2.05) is 0 Å². The molecule has 3 N–H and O–H groups in total. The number of amides is 3. The van der Waals surface area contributed by atoms with Crippen molar-refractivity contribution in [2.24, 2.45) is 5.92 Å². The van der Waals surface area contributed by atoms with Crippen molar-refractivity contribution in [2.75, 3.05) is 18.4 Å². The van der Waals surface area contributed by atoms with E-state index in [9.17, 15) is 19.2 Å². The van der Waals surface area contributed by atoms with E-state index >= 15 is 0 Å². The summed E-state index contributed by atoms with van der Waals surface area (Å²) >= 11 is 3.34. The van der Waals surface area contributed by atoms with Gasteiger partial charge in [0.1, 0.15) is 11.1 Å². The maximum absolute atomic E-state index is 12.4. The molecule has 1 aliphatic carbocycles. The van der Waals surface area contributed by atoms with Gasteiger partial charge in [-0.2, -0.15) is 0 Å². The zero-order valence-electron chi connectivity index (χ0n) is 16.9. The number of carbonyl (C=O) groups excluding carboxylic acids is 3. The van der Waals surface area contributed by atoms with Crippen molar-refractivity contribution in [3.8, 4) is 0 Å². The average molecular weight is 498 g/mol. The summed E-state index contributed by atoms with van der Waals surface area (Å²) in [7, 11) is 0. The molecule has 32 heavy (non-hydrogen) atoms. The maximum Gasteiger partial charge on any atom is 0.349 e. The Bertz CT molecular complexity index is 1250. The Morgan fingerprint density at radius 3 is 2.31 bits per heavy atom. The van der Waals surface area contributed by atoms with Gasteiger partial charge in [-0.05, 0) is 61.4 Å². The van der Waals surface area contributed by atoms with Crippen LogP contribution in [0.1, 0.15) is 33.6 Å². The summed E-state index contributed by atoms with van der Waals surface area (Å²) in [5.41, 5.74) is 0.634. The first kappa shape index (κ1) is 21.8. The third kappa shape index (κ3) is 5.23. The smallest absolute Gasteiger partial charge is 0.349 e. The molecule has 0 aliphatic heterocycles. The molecule has 3 aromatic rings. The summed E-state index contributed by atoms with van der Waals surface area (Å²) in [4.78, 5) is 48.5. The van der Waals surface area contributed by atoms with Crippen molar-refractivity contribution >= 4 is 50.3 Å². The fraction of sp³-hybridized carbons (Fsp3) is 0.217. The second kappa shape index (κ2) is 9.35. The summed E-state index contributed by atoms with van der Waals surface area (Å²) in [6.45, 7) is 0.311. The summed E-state index contributed by atoms with van der Waals surface area (Å²) in [5.74, 6) is -0.776. The number of carbonyl (C=O) groups is 3. The highest BCUT2D eigenvalue weighted by atomic mass is 79.9. The molecule has 1 aliphatic rings. The van der Waals surface area contributed by atoms with Crippen LogP contribution in [-0.4, -0.2) is 30.8 Å². The summed E-state index contributed by atoms with van der Waals surface area (Å²) < 4.78 is 5.99. The molecular weight excluding hydrogens is 478 g/mol. The largest absolute Gasteiger partial charge is 0.422 e. The lowest BCUT2D eigenvalue weighted by molar-refractivity contribution is -0.117. The second-order valence-corrected chi connectivity index (χ2v) is 8.40. The average Bonchev–Trinajstić information content (AvgIpc) is 3.62. The van der Waals surface area contributed by atoms with Crippen molar-refractivity contribution < 1.29 is 18.8 Å². The first-order valence-electron chi connectivity index (χ1n) is 10.1. The van der Waals surface area contributed by atoms with E-state index < -0.39 is 11.5 Å². The van der Waals surface area contributed by atoms with Crippen LogP contribution >= 0.6 is 15.9 Å². The van der Waals surface area contributed by atoms with Crippen LogP contribution in [-0.2, 0) is 4.79 Å². The van der Waals surface area contributed by atoms with Crippen LogP contribution in [0.2, 0.25) is 0 Å². The summed E-state index contributed by atoms with van der Waals surface area (Å²) in [5, 5.41) is 8.73. The number of halogens is 1. The Morgan fingerprint density at radius 1 is 0.938 bits per heavy atom. The molecule has 1 saturated carbocycles. The fourth-order valence-corrected chi connectivity index (χ4v) is 3.48. The number of anilines is 1. The molecule has 0 saturated heterocycles. The van der Waals surface area contributed by atoms with Crippen LogP contribution in [0.4, 0.5) is 5.69 Å². The predicted molar refractivity (Wildman–Crippen MR) is 123 cm³/mol. The molecule has 164 valence electrons. The van der Waals surface area contributed by atoms with Gasteiger partial charge in [0.25, 0.3) is 11.8 Å². The van der Waals surface area contributed by atoms with Crippen LogP contribution in [0.25, 0.3) is 11.0 Å². The molecule has 8 nitrogen and oxygen atoms in total. The van der Waals surface area contributed by atoms with E-state index in [1.165, 1.54) is 6.07 Å². The molecule has 9 heteroatoms. The fourth-order valence-electron chi connectivity index (χ4n) is 3.10. The van der Waals surface area contributed by atoms with Gasteiger partial charge in [0.15, 0.2) is 0 Å². The van der Waals surface area contributed by atoms with Gasteiger partial charge >= 0.3 is 5.63 Å². The molecule has 3 amide bonds. The van der Waals surface area contributed by atoms with Gasteiger partial charge in [0.2, 0.25) is 5.91 Å². The SMILES string of the molecule is O=C(NCCNC(=O)c1cc2cc(Br)ccc2oc1=O)c1ccc(NC(=O)C2CC2)cc1. The molecule has 0 bridgehead atoms. The molecule has 4 rings (SSSR count). The number of nitrogens with one attached hydrogen (secondary N) is 3. The highest BCUT2D eigenvalue weighted by molar-refractivity contribution is 9.10. The minimum absolute atomic E-state index is 0.00558. The third-order valence-corrected chi connectivity index (χ3v) is 5.49. The van der Waals surface area contributed by atoms with Crippen molar-refractivity contribution in [2.45, 2.75) is 12.8 Å². The lowest BCUT2D eigenvalue weighted by Gasteiger charge is -2.08. The van der Waals surface area contributed by atoms with Gasteiger partial charge in [-0.1, -0.05) is 15.9 Å². The quantitative estimate of drug-likeness (QED) is 0.342. The Labute approximate surface area is 191 Å². The Hall–Kier alpha value is -3.46. The Balaban J connectivity index is 1.27. The van der Waals surface area contributed by atoms with Crippen LogP contribution in [0.3, 0.4) is 0 Å². The second-order valence-electron chi connectivity index (χ2n) is 7.48. The van der Waals surface area contributed by atoms with Crippen LogP contribution in [0.15, 0.2) is 62.2 Å². The Kier molecular flexibility index (Phi) is 6.36. The van der Waals surface area contributed by atoms with Crippen LogP contribution in [0, 0.1) is 5.92 Å². The van der Waals surface area contributed by atoms with Crippen LogP contribution in [0.5, 0.6) is 0 Å². The van der Waals surface area contributed by atoms with E-state index in [0.29, 0.717) is 22.2 Å². The Morgan fingerprint density at radius 2 is 1.62 bits per heavy atom. The van der Waals surface area contributed by atoms with Gasteiger partial charge in [0, 0.05) is 40.1 Å². The predicted octanol–water partition coefficient (Wildman–Crippen LogP) is 3.06. The lowest BCUT2D eigenvalue weighted by Crippen LogP contribution is -2.36. The molecule has 0 spiro atoms. The van der Waals surface area contributed by atoms with E-state index in [0.717, 1.165) is 17.3 Å². The minimum Gasteiger partial charge on any atom is -0.422 e. The molecular formula is C23H20BrN3O5. The van der Waals surface area contributed by atoms with Crippen molar-refractivity contribution in [1.82, 2.24) is 10.6 Å². The number of rotatable bonds is 7. The van der Waals surface area contributed by atoms with E-state index in [1.54, 1.807) is 42.5 Å². The standard InChI is InChI=1S/C23H20BrN3O5/c24-16-5-8-19-15(11-16)12-18(23(31)32-19)22(30)26-10-9-25-20(28)13-3-6-17(7-4-13)27-21(29)14-1-2-14/h3-8,11-12,14H,1-2,9-10H2,(H,25,28)(H,26,30)(H,27,29). The molecule has 0 atom stereocenters. The zero-order valence-corrected chi connectivity index (χ0v) is 18.5.